The molecule has 11 atom stereocenters. The number of Topliss-reactive ketones (excluding diaryl/α,β-unsaturated/α-hetero) is 1. The van der Waals surface area contributed by atoms with Crippen LogP contribution in [0.1, 0.15) is 96.6 Å². The van der Waals surface area contributed by atoms with Crippen LogP contribution < -0.4 is 5.32 Å². The summed E-state index contributed by atoms with van der Waals surface area (Å²) >= 11 is 0. The highest BCUT2D eigenvalue weighted by atomic mass is 16.6. The van der Waals surface area contributed by atoms with E-state index < -0.39 is 112 Å². The van der Waals surface area contributed by atoms with Crippen molar-refractivity contribution < 1.29 is 63.3 Å². The van der Waals surface area contributed by atoms with E-state index in [1.165, 1.54) is 26.0 Å². The van der Waals surface area contributed by atoms with Gasteiger partial charge in [0, 0.05) is 31.6 Å². The highest BCUT2D eigenvalue weighted by molar-refractivity contribution is 5.94. The van der Waals surface area contributed by atoms with Gasteiger partial charge >= 0.3 is 17.9 Å². The number of nitrogens with one attached hydrogen (secondary N) is 1. The summed E-state index contributed by atoms with van der Waals surface area (Å²) < 4.78 is 24.2. The fourth-order valence-corrected chi connectivity index (χ4v) is 9.83. The van der Waals surface area contributed by atoms with Crippen molar-refractivity contribution in [3.05, 3.63) is 82.9 Å². The molecule has 0 unspecified atom stereocenters. The molecule has 2 aromatic rings. The smallest absolute Gasteiger partial charge is 0.338 e. The molecule has 0 radical (unpaired) electrons. The van der Waals surface area contributed by atoms with Gasteiger partial charge in [-0.1, -0.05) is 83.1 Å². The molecule has 2 aromatic carbocycles. The number of rotatable bonds is 9. The molecule has 314 valence electrons. The molecule has 4 aliphatic rings. The van der Waals surface area contributed by atoms with Gasteiger partial charge in [0.1, 0.15) is 30.0 Å². The minimum atomic E-state index is -2.33. The molecule has 14 heteroatoms. The van der Waals surface area contributed by atoms with Gasteiger partial charge in [0.2, 0.25) is 5.91 Å². The second-order valence-electron chi connectivity index (χ2n) is 18.2. The summed E-state index contributed by atoms with van der Waals surface area (Å²) in [6.45, 7) is 12.5. The Hall–Kier alpha value is -4.47. The molecule has 1 amide bonds. The Kier molecular flexibility index (Phi) is 11.4. The van der Waals surface area contributed by atoms with Crippen molar-refractivity contribution in [3.63, 3.8) is 0 Å². The highest BCUT2D eigenvalue weighted by Gasteiger charge is 2.78. The lowest BCUT2D eigenvalue weighted by Gasteiger charge is -2.67. The van der Waals surface area contributed by atoms with E-state index in [1.807, 2.05) is 20.8 Å². The van der Waals surface area contributed by atoms with E-state index in [0.717, 1.165) is 6.92 Å². The van der Waals surface area contributed by atoms with Gasteiger partial charge in [-0.25, -0.2) is 9.59 Å². The Morgan fingerprint density at radius 2 is 1.57 bits per heavy atom. The van der Waals surface area contributed by atoms with Crippen LogP contribution >= 0.6 is 0 Å². The van der Waals surface area contributed by atoms with Gasteiger partial charge in [0.25, 0.3) is 0 Å². The predicted molar refractivity (Wildman–Crippen MR) is 206 cm³/mol. The van der Waals surface area contributed by atoms with Crippen LogP contribution in [0.5, 0.6) is 0 Å². The third-order valence-corrected chi connectivity index (χ3v) is 12.9. The number of hydrogen-bond donors (Lipinski definition) is 5. The Balaban J connectivity index is 1.49. The van der Waals surface area contributed by atoms with Crippen LogP contribution in [0.4, 0.5) is 0 Å². The second kappa shape index (κ2) is 15.3. The van der Waals surface area contributed by atoms with Crippen LogP contribution in [0.25, 0.3) is 0 Å². The fourth-order valence-electron chi connectivity index (χ4n) is 9.83. The van der Waals surface area contributed by atoms with Crippen molar-refractivity contribution in [1.29, 1.82) is 0 Å². The molecule has 3 fully saturated rings. The molecule has 1 heterocycles. The zero-order valence-electron chi connectivity index (χ0n) is 34.2. The van der Waals surface area contributed by atoms with Gasteiger partial charge in [-0.15, -0.1) is 0 Å². The number of hydrogen-bond acceptors (Lipinski definition) is 13. The summed E-state index contributed by atoms with van der Waals surface area (Å²) in [5.41, 5.74) is -7.44. The monoisotopic (exact) mass is 805 g/mol. The molecule has 14 nitrogen and oxygen atoms in total. The number of ketones is 1. The summed E-state index contributed by atoms with van der Waals surface area (Å²) in [5, 5.41) is 51.9. The molecule has 0 aromatic heterocycles. The first-order chi connectivity index (χ1) is 27.0. The number of aliphatic hydroxyl groups excluding tert-OH is 3. The molecule has 58 heavy (non-hydrogen) atoms. The molecule has 3 aliphatic carbocycles. The standard InChI is InChI=1S/C44H55NO13/c1-23-27(56-39(53)34(50)32(25-15-11-9-12-16-25)45-30(48)21-40(3,4)5)20-44(54)37(57-38(52)26-17-13-10-14-18-26)35-42(8,36(51)33(49)31(23)41(44,6)7)28(47)19-29-43(35,22-55-29)58-24(2)46/h9-18,27-29,32-35,37,47,49-50,54H,19-22H2,1-8H3,(H,45,48)/t27-,28-,29+,32-,33+,34+,35-,37-,42+,43-,44+/m0/s1. The number of esters is 3. The van der Waals surface area contributed by atoms with Crippen molar-refractivity contribution in [2.24, 2.45) is 22.2 Å². The van der Waals surface area contributed by atoms with Crippen LogP contribution in [0.15, 0.2) is 71.8 Å². The third-order valence-electron chi connectivity index (χ3n) is 12.9. The quantitative estimate of drug-likeness (QED) is 0.140. The van der Waals surface area contributed by atoms with Crippen molar-refractivity contribution in [3.8, 4) is 0 Å². The third kappa shape index (κ3) is 7.16. The minimum Gasteiger partial charge on any atom is -0.456 e. The number of benzene rings is 2. The number of amides is 1. The molecular formula is C44H55NO13. The number of carbonyl (C=O) groups excluding carboxylic acids is 5. The molecule has 2 saturated carbocycles. The Morgan fingerprint density at radius 3 is 2.12 bits per heavy atom. The van der Waals surface area contributed by atoms with Gasteiger partial charge in [0.15, 0.2) is 17.5 Å². The average Bonchev–Trinajstić information content (AvgIpc) is 3.14. The van der Waals surface area contributed by atoms with E-state index in [0.29, 0.717) is 5.56 Å². The van der Waals surface area contributed by atoms with Gasteiger partial charge in [-0.3, -0.25) is 14.4 Å². The van der Waals surface area contributed by atoms with E-state index >= 15 is 0 Å². The van der Waals surface area contributed by atoms with Crippen molar-refractivity contribution >= 4 is 29.6 Å². The Labute approximate surface area is 337 Å². The van der Waals surface area contributed by atoms with Crippen LogP contribution in [-0.2, 0) is 38.1 Å². The van der Waals surface area contributed by atoms with Crippen molar-refractivity contribution in [1.82, 2.24) is 5.32 Å². The van der Waals surface area contributed by atoms with Gasteiger partial charge in [0.05, 0.1) is 35.6 Å². The normalized spacial score (nSPS) is 33.8. The van der Waals surface area contributed by atoms with Crippen molar-refractivity contribution in [2.45, 2.75) is 129 Å². The van der Waals surface area contributed by atoms with Gasteiger partial charge < -0.3 is 44.7 Å². The lowest BCUT2D eigenvalue weighted by molar-refractivity contribution is -0.346. The lowest BCUT2D eigenvalue weighted by Crippen LogP contribution is -2.81. The summed E-state index contributed by atoms with van der Waals surface area (Å²) in [4.78, 5) is 69.2. The molecule has 5 N–H and O–H groups in total. The zero-order chi connectivity index (χ0) is 42.7. The topological polar surface area (TPSA) is 215 Å². The van der Waals surface area contributed by atoms with E-state index in [4.69, 9.17) is 18.9 Å². The van der Waals surface area contributed by atoms with E-state index in [-0.39, 0.29) is 36.2 Å². The van der Waals surface area contributed by atoms with Crippen LogP contribution in [0.2, 0.25) is 0 Å². The molecule has 2 bridgehead atoms. The van der Waals surface area contributed by atoms with E-state index in [2.05, 4.69) is 5.32 Å². The van der Waals surface area contributed by atoms with Crippen LogP contribution in [0.3, 0.4) is 0 Å². The number of fused-ring (bicyclic) bond motifs is 5. The summed E-state index contributed by atoms with van der Waals surface area (Å²) in [6, 6.07) is 15.0. The maximum Gasteiger partial charge on any atom is 0.338 e. The SMILES string of the molecule is CC(=O)O[C@@]12CO[C@@H]1C[C@H](O)[C@@]1(C)C(=O)[C@H](O)C3=C(C)[C@@H](OC(=O)[C@H](O)[C@@H](NC(=O)CC(C)(C)C)c4ccccc4)C[C@@](O)([C@@H](OC(=O)c4ccccc4)[C@H]21)C3(C)C. The first-order valence-electron chi connectivity index (χ1n) is 19.6. The number of carbonyl (C=O) groups is 5. The zero-order valence-corrected chi connectivity index (χ0v) is 34.2. The average molecular weight is 806 g/mol. The Morgan fingerprint density at radius 1 is 0.966 bits per heavy atom. The summed E-state index contributed by atoms with van der Waals surface area (Å²) in [5.74, 6) is -5.69. The fraction of sp³-hybridized carbons (Fsp3) is 0.568. The minimum absolute atomic E-state index is 0.0437. The molecular weight excluding hydrogens is 750 g/mol. The van der Waals surface area contributed by atoms with Crippen LogP contribution in [-0.4, -0.2) is 104 Å². The van der Waals surface area contributed by atoms with Gasteiger partial charge in [-0.05, 0) is 48.1 Å². The van der Waals surface area contributed by atoms with Crippen molar-refractivity contribution in [2.75, 3.05) is 6.61 Å². The van der Waals surface area contributed by atoms with Gasteiger partial charge in [-0.2, -0.15) is 0 Å². The highest BCUT2D eigenvalue weighted by Crippen LogP contribution is 2.64. The first-order valence-corrected chi connectivity index (χ1v) is 19.6. The molecule has 1 saturated heterocycles. The molecule has 1 aliphatic heterocycles. The second-order valence-corrected chi connectivity index (χ2v) is 18.2. The lowest BCUT2D eigenvalue weighted by atomic mass is 9.44. The molecule has 0 spiro atoms. The summed E-state index contributed by atoms with van der Waals surface area (Å²) in [6.07, 6.45) is -10.3. The number of aliphatic hydroxyl groups is 4. The maximum atomic E-state index is 15.0. The predicted octanol–water partition coefficient (Wildman–Crippen LogP) is 3.29. The number of ether oxygens (including phenoxy) is 4. The maximum absolute atomic E-state index is 15.0. The van der Waals surface area contributed by atoms with Crippen LogP contribution in [0, 0.1) is 22.2 Å². The molecule has 6 rings (SSSR count). The summed E-state index contributed by atoms with van der Waals surface area (Å²) in [7, 11) is 0. The largest absolute Gasteiger partial charge is 0.456 e. The van der Waals surface area contributed by atoms with E-state index in [1.54, 1.807) is 62.4 Å². The first kappa shape index (κ1) is 43.1. The van der Waals surface area contributed by atoms with E-state index in [9.17, 15) is 44.4 Å². The Bertz CT molecular complexity index is 1970.